The Morgan fingerprint density at radius 3 is 2.44 bits per heavy atom. The van der Waals surface area contributed by atoms with Crippen molar-refractivity contribution in [3.63, 3.8) is 0 Å². The summed E-state index contributed by atoms with van der Waals surface area (Å²) in [4.78, 5) is 6.60. The smallest absolute Gasteiger partial charge is 0.196 e. The highest BCUT2D eigenvalue weighted by Gasteiger charge is 2.14. The third-order valence-corrected chi connectivity index (χ3v) is 4.28. The van der Waals surface area contributed by atoms with Gasteiger partial charge < -0.3 is 15.4 Å². The molecule has 3 rings (SSSR count). The summed E-state index contributed by atoms with van der Waals surface area (Å²) < 4.78 is 32.0. The van der Waals surface area contributed by atoms with Crippen molar-refractivity contribution in [2.45, 2.75) is 26.7 Å². The molecule has 25 heavy (non-hydrogen) atoms. The third kappa shape index (κ3) is 3.90. The van der Waals surface area contributed by atoms with E-state index >= 15 is 0 Å². The Morgan fingerprint density at radius 2 is 1.76 bits per heavy atom. The zero-order chi connectivity index (χ0) is 18.0. The van der Waals surface area contributed by atoms with E-state index in [-0.39, 0.29) is 5.75 Å². The second-order valence-electron chi connectivity index (χ2n) is 6.25. The molecule has 132 valence electrons. The number of hydrogen-bond donors (Lipinski definition) is 1. The summed E-state index contributed by atoms with van der Waals surface area (Å²) in [6, 6.07) is 7.18. The molecule has 1 heterocycles. The first-order valence-electron chi connectivity index (χ1n) is 8.27. The summed E-state index contributed by atoms with van der Waals surface area (Å²) in [5.74, 6) is -0.500. The fourth-order valence-electron chi connectivity index (χ4n) is 2.81. The molecule has 0 aromatic heterocycles. The zero-order valence-corrected chi connectivity index (χ0v) is 14.4. The number of halogens is 2. The highest BCUT2D eigenvalue weighted by molar-refractivity contribution is 5.82. The molecule has 1 saturated heterocycles. The van der Waals surface area contributed by atoms with Crippen molar-refractivity contribution in [2.75, 3.05) is 13.1 Å². The third-order valence-electron chi connectivity index (χ3n) is 4.28. The number of nitrogens with zero attached hydrogens (tertiary/aromatic N) is 2. The predicted molar refractivity (Wildman–Crippen MR) is 94.4 cm³/mol. The molecule has 0 aliphatic carbocycles. The van der Waals surface area contributed by atoms with Gasteiger partial charge in [-0.3, -0.25) is 0 Å². The predicted octanol–water partition coefficient (Wildman–Crippen LogP) is 4.42. The number of hydrogen-bond acceptors (Lipinski definition) is 2. The SMILES string of the molecule is Cc1cc(Oc2ccc(F)c(F)c2)c(C)cc1N=C(N)N1CCCC1. The number of ether oxygens (including phenoxy) is 1. The maximum atomic E-state index is 13.3. The van der Waals surface area contributed by atoms with Crippen LogP contribution >= 0.6 is 0 Å². The van der Waals surface area contributed by atoms with Crippen LogP contribution in [0.2, 0.25) is 0 Å². The quantitative estimate of drug-likeness (QED) is 0.662. The molecule has 0 bridgehead atoms. The van der Waals surface area contributed by atoms with E-state index in [0.29, 0.717) is 11.7 Å². The van der Waals surface area contributed by atoms with E-state index in [1.807, 2.05) is 26.0 Å². The summed E-state index contributed by atoms with van der Waals surface area (Å²) >= 11 is 0. The molecule has 2 aromatic carbocycles. The van der Waals surface area contributed by atoms with E-state index < -0.39 is 11.6 Å². The molecule has 0 saturated carbocycles. The molecular weight excluding hydrogens is 324 g/mol. The van der Waals surface area contributed by atoms with Crippen molar-refractivity contribution < 1.29 is 13.5 Å². The molecular formula is C19H21F2N3O. The first kappa shape index (κ1) is 17.2. The van der Waals surface area contributed by atoms with Gasteiger partial charge in [-0.25, -0.2) is 13.8 Å². The van der Waals surface area contributed by atoms with Crippen LogP contribution in [0.1, 0.15) is 24.0 Å². The Hall–Kier alpha value is -2.63. The van der Waals surface area contributed by atoms with Crippen molar-refractivity contribution in [2.24, 2.45) is 10.7 Å². The Morgan fingerprint density at radius 1 is 1.04 bits per heavy atom. The Labute approximate surface area is 145 Å². The fourth-order valence-corrected chi connectivity index (χ4v) is 2.81. The minimum absolute atomic E-state index is 0.245. The number of aliphatic imine (C=N–C) groups is 1. The van der Waals surface area contributed by atoms with Gasteiger partial charge in [-0.15, -0.1) is 0 Å². The lowest BCUT2D eigenvalue weighted by Gasteiger charge is -2.17. The Bertz CT molecular complexity index is 815. The number of aryl methyl sites for hydroxylation is 2. The second kappa shape index (κ2) is 7.09. The number of rotatable bonds is 3. The number of benzene rings is 2. The molecule has 2 N–H and O–H groups in total. The van der Waals surface area contributed by atoms with Crippen molar-refractivity contribution in [1.82, 2.24) is 4.90 Å². The van der Waals surface area contributed by atoms with Crippen LogP contribution in [0.4, 0.5) is 14.5 Å². The molecule has 1 fully saturated rings. The van der Waals surface area contributed by atoms with Crippen LogP contribution in [0.25, 0.3) is 0 Å². The van der Waals surface area contributed by atoms with E-state index in [1.165, 1.54) is 6.07 Å². The van der Waals surface area contributed by atoms with Crippen molar-refractivity contribution in [3.05, 3.63) is 53.1 Å². The van der Waals surface area contributed by atoms with Crippen LogP contribution in [-0.2, 0) is 0 Å². The highest BCUT2D eigenvalue weighted by Crippen LogP contribution is 2.32. The van der Waals surface area contributed by atoms with Crippen LogP contribution in [0.3, 0.4) is 0 Å². The van der Waals surface area contributed by atoms with Gasteiger partial charge in [-0.1, -0.05) is 0 Å². The Kier molecular flexibility index (Phi) is 4.88. The van der Waals surface area contributed by atoms with Gasteiger partial charge in [0.15, 0.2) is 17.6 Å². The molecule has 1 aliphatic rings. The zero-order valence-electron chi connectivity index (χ0n) is 14.4. The van der Waals surface area contributed by atoms with E-state index in [9.17, 15) is 8.78 Å². The lowest BCUT2D eigenvalue weighted by molar-refractivity contribution is 0.459. The van der Waals surface area contributed by atoms with Gasteiger partial charge in [0.1, 0.15) is 11.5 Å². The fraction of sp³-hybridized carbons (Fsp3) is 0.316. The lowest BCUT2D eigenvalue weighted by Crippen LogP contribution is -2.34. The van der Waals surface area contributed by atoms with Crippen molar-refractivity contribution in [1.29, 1.82) is 0 Å². The van der Waals surface area contributed by atoms with Gasteiger partial charge in [0.2, 0.25) is 0 Å². The largest absolute Gasteiger partial charge is 0.457 e. The first-order valence-corrected chi connectivity index (χ1v) is 8.27. The molecule has 0 radical (unpaired) electrons. The molecule has 0 atom stereocenters. The maximum Gasteiger partial charge on any atom is 0.196 e. The highest BCUT2D eigenvalue weighted by atomic mass is 19.2. The lowest BCUT2D eigenvalue weighted by atomic mass is 10.1. The molecule has 2 aromatic rings. The molecule has 6 heteroatoms. The molecule has 0 amide bonds. The normalized spacial score (nSPS) is 14.9. The summed E-state index contributed by atoms with van der Waals surface area (Å²) in [5.41, 5.74) is 8.60. The molecule has 0 unspecified atom stereocenters. The average Bonchev–Trinajstić information content (AvgIpc) is 3.10. The first-order chi connectivity index (χ1) is 11.9. The van der Waals surface area contributed by atoms with Crippen LogP contribution in [0.5, 0.6) is 11.5 Å². The summed E-state index contributed by atoms with van der Waals surface area (Å²) in [6.45, 7) is 5.66. The monoisotopic (exact) mass is 345 g/mol. The van der Waals surface area contributed by atoms with Gasteiger partial charge in [0.25, 0.3) is 0 Å². The maximum absolute atomic E-state index is 13.3. The van der Waals surface area contributed by atoms with Crippen LogP contribution in [0, 0.1) is 25.5 Å². The van der Waals surface area contributed by atoms with Crippen LogP contribution in [-0.4, -0.2) is 23.9 Å². The van der Waals surface area contributed by atoms with Gasteiger partial charge in [0, 0.05) is 19.2 Å². The second-order valence-corrected chi connectivity index (χ2v) is 6.25. The van der Waals surface area contributed by atoms with Gasteiger partial charge >= 0.3 is 0 Å². The summed E-state index contributed by atoms with van der Waals surface area (Å²) in [7, 11) is 0. The van der Waals surface area contributed by atoms with Crippen molar-refractivity contribution in [3.8, 4) is 11.5 Å². The van der Waals surface area contributed by atoms with Gasteiger partial charge in [-0.05, 0) is 62.1 Å². The summed E-state index contributed by atoms with van der Waals surface area (Å²) in [5, 5.41) is 0. The average molecular weight is 345 g/mol. The topological polar surface area (TPSA) is 50.9 Å². The van der Waals surface area contributed by atoms with E-state index in [0.717, 1.165) is 54.9 Å². The van der Waals surface area contributed by atoms with E-state index in [4.69, 9.17) is 10.5 Å². The number of guanidine groups is 1. The minimum Gasteiger partial charge on any atom is -0.457 e. The van der Waals surface area contributed by atoms with Gasteiger partial charge in [0.05, 0.1) is 5.69 Å². The molecule has 4 nitrogen and oxygen atoms in total. The standard InChI is InChI=1S/C19H21F2N3O/c1-12-10-18(25-14-5-6-15(20)16(21)11-14)13(2)9-17(12)23-19(22)24-7-3-4-8-24/h5-6,9-11H,3-4,7-8H2,1-2H3,(H2,22,23). The Balaban J connectivity index is 1.84. The van der Waals surface area contributed by atoms with Crippen LogP contribution < -0.4 is 10.5 Å². The number of likely N-dealkylation sites (tertiary alicyclic amines) is 1. The van der Waals surface area contributed by atoms with Gasteiger partial charge in [-0.2, -0.15) is 0 Å². The van der Waals surface area contributed by atoms with E-state index in [2.05, 4.69) is 9.89 Å². The van der Waals surface area contributed by atoms with Crippen LogP contribution in [0.15, 0.2) is 35.3 Å². The van der Waals surface area contributed by atoms with E-state index in [1.54, 1.807) is 0 Å². The summed E-state index contributed by atoms with van der Waals surface area (Å²) in [6.07, 6.45) is 2.27. The number of nitrogens with two attached hydrogens (primary N) is 1. The van der Waals surface area contributed by atoms with Crippen molar-refractivity contribution >= 4 is 11.6 Å². The molecule has 0 spiro atoms. The molecule has 1 aliphatic heterocycles. The minimum atomic E-state index is -0.938.